The molecule has 0 bridgehead atoms. The molecule has 0 amide bonds. The van der Waals surface area contributed by atoms with E-state index in [1.54, 1.807) is 0 Å². The molecule has 151 valence electrons. The normalized spacial score (nSPS) is 22.4. The summed E-state index contributed by atoms with van der Waals surface area (Å²) in [6.45, 7) is 14.2. The number of hydrogen-bond donors (Lipinski definition) is 0. The van der Waals surface area contributed by atoms with Crippen LogP contribution in [-0.4, -0.2) is 0 Å². The Balaban J connectivity index is 0.00000150. The van der Waals surface area contributed by atoms with Crippen LogP contribution < -0.4 is 0 Å². The van der Waals surface area contributed by atoms with E-state index in [1.165, 1.54) is 50.1 Å². The van der Waals surface area contributed by atoms with E-state index in [4.69, 9.17) is 0 Å². The number of fused-ring (bicyclic) bond motifs is 1. The van der Waals surface area contributed by atoms with Crippen LogP contribution in [0.3, 0.4) is 0 Å². The summed E-state index contributed by atoms with van der Waals surface area (Å²) in [4.78, 5) is 0. The van der Waals surface area contributed by atoms with Crippen molar-refractivity contribution < 1.29 is 24.4 Å². The zero-order valence-electron chi connectivity index (χ0n) is 18.0. The summed E-state index contributed by atoms with van der Waals surface area (Å²) in [5, 5.41) is 0. The fraction of sp³-hybridized carbons (Fsp3) is 0.308. The first-order valence-corrected chi connectivity index (χ1v) is 11.5. The second kappa shape index (κ2) is 8.33. The van der Waals surface area contributed by atoms with Crippen molar-refractivity contribution in [2.75, 3.05) is 0 Å². The molecule has 29 heavy (non-hydrogen) atoms. The van der Waals surface area contributed by atoms with Crippen molar-refractivity contribution in [2.24, 2.45) is 5.41 Å². The minimum absolute atomic E-state index is 0. The standard InChI is InChI=1S/C26H27.2ClH.Hf/c1-16-17(2)25(26(5,6)19(16)4)24-22-15-11-10-14-21(22)18(3)23(24)20-12-8-7-9-13-20;;;/h7-15H,1-6H3;2*1H;. The number of allylic oxidation sites excluding steroid dienone is 6. The van der Waals surface area contributed by atoms with Crippen LogP contribution in [0.4, 0.5) is 0 Å². The molecule has 0 fully saturated rings. The molecular formula is C26H29Cl2Hf. The average Bonchev–Trinajstić information content (AvgIpc) is 2.96. The molecule has 0 aromatic heterocycles. The Labute approximate surface area is 203 Å². The Morgan fingerprint density at radius 1 is 0.690 bits per heavy atom. The summed E-state index contributed by atoms with van der Waals surface area (Å²) in [6, 6.07) is 20.2. The van der Waals surface area contributed by atoms with Gasteiger partial charge < -0.3 is 0 Å². The molecule has 0 N–H and O–H groups in total. The van der Waals surface area contributed by atoms with Crippen LogP contribution in [0.5, 0.6) is 0 Å². The minimum Gasteiger partial charge on any atom is -0.147 e. The number of rotatable bonds is 2. The van der Waals surface area contributed by atoms with Gasteiger partial charge in [0.2, 0.25) is 0 Å². The van der Waals surface area contributed by atoms with Crippen LogP contribution in [0.2, 0.25) is 0 Å². The van der Waals surface area contributed by atoms with E-state index in [1.807, 2.05) is 0 Å². The molecule has 3 heteroatoms. The molecule has 0 aliphatic heterocycles. The largest absolute Gasteiger partial charge is 0.147 e. The molecule has 0 radical (unpaired) electrons. The molecule has 2 aromatic rings. The maximum Gasteiger partial charge on any atom is -0.147 e. The summed E-state index contributed by atoms with van der Waals surface area (Å²) < 4.78 is 0.126. The van der Waals surface area contributed by atoms with Crippen molar-refractivity contribution in [3.63, 3.8) is 0 Å². The summed E-state index contributed by atoms with van der Waals surface area (Å²) in [6.07, 6.45) is 0. The van der Waals surface area contributed by atoms with Gasteiger partial charge in [0.1, 0.15) is 0 Å². The molecule has 2 aliphatic carbocycles. The third kappa shape index (κ3) is 3.48. The van der Waals surface area contributed by atoms with Crippen molar-refractivity contribution in [3.8, 4) is 0 Å². The summed E-state index contributed by atoms with van der Waals surface area (Å²) in [7, 11) is 0. The first-order valence-electron chi connectivity index (χ1n) is 9.74. The topological polar surface area (TPSA) is 0 Å². The predicted molar refractivity (Wildman–Crippen MR) is 126 cm³/mol. The average molecular weight is 591 g/mol. The molecule has 2 aliphatic rings. The van der Waals surface area contributed by atoms with Crippen molar-refractivity contribution in [1.29, 1.82) is 0 Å². The quantitative estimate of drug-likeness (QED) is 0.312. The van der Waals surface area contributed by atoms with Crippen LogP contribution in [-0.2, 0) is 27.5 Å². The Morgan fingerprint density at radius 3 is 1.79 bits per heavy atom. The molecule has 1 atom stereocenters. The van der Waals surface area contributed by atoms with Crippen molar-refractivity contribution in [2.45, 2.75) is 44.7 Å². The van der Waals surface area contributed by atoms with Gasteiger partial charge in [-0.3, -0.25) is 0 Å². The molecular weight excluding hydrogens is 562 g/mol. The summed E-state index contributed by atoms with van der Waals surface area (Å²) in [5.74, 6) is 0. The van der Waals surface area contributed by atoms with Crippen LogP contribution in [0, 0.1) is 5.41 Å². The molecule has 0 saturated carbocycles. The SMILES string of the molecule is CC1=C(C)C(C)(C)C(C2=C(c3ccccc3)[C](C)([Hf])c3ccccc32)=C1C.Cl.Cl. The Bertz CT molecular complexity index is 1040. The van der Waals surface area contributed by atoms with E-state index < -0.39 is 0 Å². The van der Waals surface area contributed by atoms with Gasteiger partial charge in [-0.1, -0.05) is 0 Å². The Morgan fingerprint density at radius 2 is 1.24 bits per heavy atom. The molecule has 0 heterocycles. The van der Waals surface area contributed by atoms with E-state index in [-0.39, 0.29) is 33.4 Å². The van der Waals surface area contributed by atoms with E-state index in [9.17, 15) is 0 Å². The molecule has 0 nitrogen and oxygen atoms in total. The fourth-order valence-corrected chi connectivity index (χ4v) is 6.80. The zero-order valence-corrected chi connectivity index (χ0v) is 23.2. The molecule has 4 rings (SSSR count). The fourth-order valence-electron chi connectivity index (χ4n) is 5.05. The van der Waals surface area contributed by atoms with Crippen molar-refractivity contribution in [3.05, 3.63) is 93.6 Å². The second-order valence-electron chi connectivity index (χ2n) is 8.66. The van der Waals surface area contributed by atoms with Gasteiger partial charge in [-0.2, -0.15) is 0 Å². The van der Waals surface area contributed by atoms with Gasteiger partial charge in [0.15, 0.2) is 0 Å². The summed E-state index contributed by atoms with van der Waals surface area (Å²) in [5.41, 5.74) is 13.4. The predicted octanol–water partition coefficient (Wildman–Crippen LogP) is 7.91. The zero-order chi connectivity index (χ0) is 19.6. The monoisotopic (exact) mass is 591 g/mol. The van der Waals surface area contributed by atoms with Gasteiger partial charge in [0.25, 0.3) is 0 Å². The van der Waals surface area contributed by atoms with Gasteiger partial charge >= 0.3 is 179 Å². The third-order valence-electron chi connectivity index (χ3n) is 6.86. The van der Waals surface area contributed by atoms with E-state index in [0.717, 1.165) is 24.4 Å². The van der Waals surface area contributed by atoms with Crippen LogP contribution in [0.15, 0.2) is 76.9 Å². The molecule has 2 aromatic carbocycles. The third-order valence-corrected chi connectivity index (χ3v) is 8.73. The number of hydrogen-bond acceptors (Lipinski definition) is 0. The summed E-state index contributed by atoms with van der Waals surface area (Å²) >= 11 is 1.09. The Hall–Kier alpha value is -0.890. The molecule has 1 unspecified atom stereocenters. The van der Waals surface area contributed by atoms with Crippen LogP contribution in [0.1, 0.15) is 58.2 Å². The van der Waals surface area contributed by atoms with Crippen LogP contribution >= 0.6 is 24.8 Å². The first kappa shape index (κ1) is 24.4. The van der Waals surface area contributed by atoms with Gasteiger partial charge in [0.05, 0.1) is 0 Å². The maximum absolute atomic E-state index is 2.44. The van der Waals surface area contributed by atoms with Gasteiger partial charge in [0, 0.05) is 0 Å². The maximum atomic E-state index is 2.44. The van der Waals surface area contributed by atoms with Crippen molar-refractivity contribution in [1.82, 2.24) is 0 Å². The first-order chi connectivity index (χ1) is 12.7. The van der Waals surface area contributed by atoms with Gasteiger partial charge in [-0.05, 0) is 0 Å². The molecule has 0 spiro atoms. The van der Waals surface area contributed by atoms with E-state index in [2.05, 4.69) is 96.1 Å². The van der Waals surface area contributed by atoms with Gasteiger partial charge in [-0.15, -0.1) is 24.8 Å². The smallest absolute Gasteiger partial charge is 0.147 e. The van der Waals surface area contributed by atoms with Gasteiger partial charge in [-0.25, -0.2) is 0 Å². The minimum atomic E-state index is 0. The number of halogens is 2. The van der Waals surface area contributed by atoms with E-state index >= 15 is 0 Å². The second-order valence-corrected chi connectivity index (χ2v) is 12.3. The van der Waals surface area contributed by atoms with Crippen molar-refractivity contribution >= 4 is 36.0 Å². The van der Waals surface area contributed by atoms with Crippen LogP contribution in [0.25, 0.3) is 11.1 Å². The molecule has 0 saturated heterocycles. The van der Waals surface area contributed by atoms with E-state index in [0.29, 0.717) is 0 Å². The number of benzene rings is 2. The Kier molecular flexibility index (Phi) is 7.00.